The van der Waals surface area contributed by atoms with Crippen LogP contribution in [0.4, 0.5) is 11.4 Å². The minimum Gasteiger partial charge on any atom is -0.385 e. The molecular weight excluding hydrogens is 200 g/mol. The molecule has 1 aliphatic rings. The van der Waals surface area contributed by atoms with Crippen LogP contribution in [0.3, 0.4) is 0 Å². The lowest BCUT2D eigenvalue weighted by atomic mass is 10.1. The molecule has 1 heterocycles. The predicted octanol–water partition coefficient (Wildman–Crippen LogP) is 2.20. The molecule has 3 heteroatoms. The van der Waals surface area contributed by atoms with E-state index in [4.69, 9.17) is 4.74 Å². The van der Waals surface area contributed by atoms with Crippen molar-refractivity contribution < 1.29 is 4.74 Å². The first-order chi connectivity index (χ1) is 7.75. The van der Waals surface area contributed by atoms with Crippen molar-refractivity contribution in [1.82, 2.24) is 0 Å². The Hall–Kier alpha value is -1.22. The van der Waals surface area contributed by atoms with E-state index in [1.807, 2.05) is 0 Å². The Morgan fingerprint density at radius 3 is 3.00 bits per heavy atom. The summed E-state index contributed by atoms with van der Waals surface area (Å²) in [7, 11) is 4.12. The van der Waals surface area contributed by atoms with Gasteiger partial charge in [-0.3, -0.25) is 0 Å². The monoisotopic (exact) mass is 220 g/mol. The number of nitrogens with zero attached hydrogens (tertiary/aromatic N) is 1. The molecule has 1 atom stereocenters. The molecular formula is C13H20N2O. The van der Waals surface area contributed by atoms with E-state index in [0.717, 1.165) is 19.8 Å². The first kappa shape index (κ1) is 11.3. The van der Waals surface area contributed by atoms with E-state index < -0.39 is 0 Å². The summed E-state index contributed by atoms with van der Waals surface area (Å²) in [6, 6.07) is 8.49. The van der Waals surface area contributed by atoms with Crippen LogP contribution >= 0.6 is 0 Å². The zero-order valence-electron chi connectivity index (χ0n) is 10.1. The van der Waals surface area contributed by atoms with Gasteiger partial charge in [0, 0.05) is 44.5 Å². The number of hydrogen-bond acceptors (Lipinski definition) is 3. The van der Waals surface area contributed by atoms with Crippen LogP contribution in [0.2, 0.25) is 0 Å². The number of hydrogen-bond donors (Lipinski definition) is 1. The lowest BCUT2D eigenvalue weighted by molar-refractivity contribution is 0.187. The fraction of sp³-hybridized carbons (Fsp3) is 0.538. The van der Waals surface area contributed by atoms with Crippen LogP contribution in [0, 0.1) is 5.92 Å². The van der Waals surface area contributed by atoms with Crippen molar-refractivity contribution in [3.05, 3.63) is 24.3 Å². The second-order valence-corrected chi connectivity index (χ2v) is 4.56. The van der Waals surface area contributed by atoms with Crippen LogP contribution in [-0.4, -0.2) is 33.9 Å². The summed E-state index contributed by atoms with van der Waals surface area (Å²) in [6.07, 6.45) is 1.18. The predicted molar refractivity (Wildman–Crippen MR) is 68.2 cm³/mol. The largest absolute Gasteiger partial charge is 0.385 e. The fourth-order valence-electron chi connectivity index (χ4n) is 1.90. The minimum absolute atomic E-state index is 0.669. The van der Waals surface area contributed by atoms with Gasteiger partial charge in [0.15, 0.2) is 0 Å². The van der Waals surface area contributed by atoms with Crippen molar-refractivity contribution in [3.63, 3.8) is 0 Å². The van der Waals surface area contributed by atoms with Crippen LogP contribution in [0.1, 0.15) is 6.42 Å². The van der Waals surface area contributed by atoms with E-state index >= 15 is 0 Å². The fourth-order valence-corrected chi connectivity index (χ4v) is 1.90. The van der Waals surface area contributed by atoms with E-state index in [9.17, 15) is 0 Å². The van der Waals surface area contributed by atoms with Crippen LogP contribution in [0.15, 0.2) is 24.3 Å². The molecule has 0 spiro atoms. The molecule has 88 valence electrons. The lowest BCUT2D eigenvalue weighted by Crippen LogP contribution is -2.14. The Balaban J connectivity index is 1.90. The standard InChI is InChI=1S/C13H20N2O/c1-15(2)13-5-3-4-12(8-13)14-9-11-6-7-16-10-11/h3-5,8,11,14H,6-7,9-10H2,1-2H3. The molecule has 3 nitrogen and oxygen atoms in total. The molecule has 1 aromatic carbocycles. The van der Waals surface area contributed by atoms with E-state index in [1.165, 1.54) is 17.8 Å². The Kier molecular flexibility index (Phi) is 3.67. The molecule has 0 aromatic heterocycles. The highest BCUT2D eigenvalue weighted by Gasteiger charge is 2.14. The first-order valence-corrected chi connectivity index (χ1v) is 5.85. The van der Waals surface area contributed by atoms with Gasteiger partial charge in [0.1, 0.15) is 0 Å². The molecule has 0 radical (unpaired) electrons. The van der Waals surface area contributed by atoms with Crippen molar-refractivity contribution in [2.24, 2.45) is 5.92 Å². The third-order valence-electron chi connectivity index (χ3n) is 2.98. The third kappa shape index (κ3) is 2.89. The molecule has 0 aliphatic carbocycles. The molecule has 0 bridgehead atoms. The maximum atomic E-state index is 5.36. The molecule has 1 N–H and O–H groups in total. The Labute approximate surface area is 97.4 Å². The summed E-state index contributed by atoms with van der Waals surface area (Å²) in [5.74, 6) is 0.669. The summed E-state index contributed by atoms with van der Waals surface area (Å²) in [5, 5.41) is 3.48. The Morgan fingerprint density at radius 1 is 1.44 bits per heavy atom. The topological polar surface area (TPSA) is 24.5 Å². The Morgan fingerprint density at radius 2 is 2.31 bits per heavy atom. The number of anilines is 2. The number of rotatable bonds is 4. The lowest BCUT2D eigenvalue weighted by Gasteiger charge is -2.15. The van der Waals surface area contributed by atoms with Gasteiger partial charge in [-0.05, 0) is 24.6 Å². The molecule has 1 aromatic rings. The average molecular weight is 220 g/mol. The quantitative estimate of drug-likeness (QED) is 0.842. The van der Waals surface area contributed by atoms with Gasteiger partial charge in [0.25, 0.3) is 0 Å². The van der Waals surface area contributed by atoms with Crippen molar-refractivity contribution in [2.75, 3.05) is 44.1 Å². The molecule has 1 fully saturated rings. The van der Waals surface area contributed by atoms with Gasteiger partial charge in [-0.2, -0.15) is 0 Å². The highest BCUT2D eigenvalue weighted by atomic mass is 16.5. The van der Waals surface area contributed by atoms with Gasteiger partial charge in [0.2, 0.25) is 0 Å². The number of nitrogens with one attached hydrogen (secondary N) is 1. The summed E-state index contributed by atoms with van der Waals surface area (Å²) in [6.45, 7) is 2.83. The molecule has 0 saturated carbocycles. The van der Waals surface area contributed by atoms with Crippen LogP contribution in [0.25, 0.3) is 0 Å². The Bertz CT molecular complexity index is 332. The molecule has 2 rings (SSSR count). The van der Waals surface area contributed by atoms with E-state index in [0.29, 0.717) is 5.92 Å². The van der Waals surface area contributed by atoms with Crippen molar-refractivity contribution in [3.8, 4) is 0 Å². The van der Waals surface area contributed by atoms with E-state index in [-0.39, 0.29) is 0 Å². The maximum absolute atomic E-state index is 5.36. The van der Waals surface area contributed by atoms with Crippen molar-refractivity contribution >= 4 is 11.4 Å². The van der Waals surface area contributed by atoms with Crippen LogP contribution < -0.4 is 10.2 Å². The second kappa shape index (κ2) is 5.21. The zero-order chi connectivity index (χ0) is 11.4. The van der Waals surface area contributed by atoms with Crippen LogP contribution in [-0.2, 0) is 4.74 Å². The second-order valence-electron chi connectivity index (χ2n) is 4.56. The SMILES string of the molecule is CN(C)c1cccc(NCC2CCOC2)c1. The normalized spacial score (nSPS) is 19.8. The first-order valence-electron chi connectivity index (χ1n) is 5.85. The maximum Gasteiger partial charge on any atom is 0.0511 e. The molecule has 0 amide bonds. The third-order valence-corrected chi connectivity index (χ3v) is 2.98. The zero-order valence-corrected chi connectivity index (χ0v) is 10.1. The molecule has 1 saturated heterocycles. The van der Waals surface area contributed by atoms with Gasteiger partial charge in [0.05, 0.1) is 6.61 Å². The van der Waals surface area contributed by atoms with E-state index in [1.54, 1.807) is 0 Å². The van der Waals surface area contributed by atoms with E-state index in [2.05, 4.69) is 48.6 Å². The van der Waals surface area contributed by atoms with Gasteiger partial charge >= 0.3 is 0 Å². The molecule has 16 heavy (non-hydrogen) atoms. The van der Waals surface area contributed by atoms with Gasteiger partial charge < -0.3 is 15.0 Å². The van der Waals surface area contributed by atoms with Crippen molar-refractivity contribution in [2.45, 2.75) is 6.42 Å². The summed E-state index contributed by atoms with van der Waals surface area (Å²) in [4.78, 5) is 2.11. The molecule has 1 unspecified atom stereocenters. The van der Waals surface area contributed by atoms with Gasteiger partial charge in [-0.15, -0.1) is 0 Å². The average Bonchev–Trinajstić information content (AvgIpc) is 2.79. The highest BCUT2D eigenvalue weighted by molar-refractivity contribution is 5.57. The van der Waals surface area contributed by atoms with Gasteiger partial charge in [-0.1, -0.05) is 6.07 Å². The number of benzene rings is 1. The highest BCUT2D eigenvalue weighted by Crippen LogP contribution is 2.19. The smallest absolute Gasteiger partial charge is 0.0511 e. The minimum atomic E-state index is 0.669. The van der Waals surface area contributed by atoms with Crippen molar-refractivity contribution in [1.29, 1.82) is 0 Å². The summed E-state index contributed by atoms with van der Waals surface area (Å²) in [5.41, 5.74) is 2.42. The summed E-state index contributed by atoms with van der Waals surface area (Å²) < 4.78 is 5.36. The molecule has 1 aliphatic heterocycles. The summed E-state index contributed by atoms with van der Waals surface area (Å²) >= 11 is 0. The number of ether oxygens (including phenoxy) is 1. The van der Waals surface area contributed by atoms with Crippen LogP contribution in [0.5, 0.6) is 0 Å². The van der Waals surface area contributed by atoms with Gasteiger partial charge in [-0.25, -0.2) is 0 Å².